The molecule has 2 heterocycles. The van der Waals surface area contributed by atoms with Crippen molar-refractivity contribution >= 4 is 35.8 Å². The molecule has 0 radical (unpaired) electrons. The first-order valence-electron chi connectivity index (χ1n) is 8.66. The molecule has 138 valence electrons. The minimum Gasteiger partial charge on any atom is -0.339 e. The van der Waals surface area contributed by atoms with E-state index in [0.717, 1.165) is 31.5 Å². The highest BCUT2D eigenvalue weighted by Gasteiger charge is 2.29. The first-order chi connectivity index (χ1) is 11.6. The lowest BCUT2D eigenvalue weighted by Crippen LogP contribution is -2.53. The molecule has 2 fully saturated rings. The van der Waals surface area contributed by atoms with Crippen LogP contribution in [0.25, 0.3) is 0 Å². The second kappa shape index (κ2) is 9.41. The largest absolute Gasteiger partial charge is 0.339 e. The summed E-state index contributed by atoms with van der Waals surface area (Å²) in [6.45, 7) is 4.34. The maximum atomic E-state index is 12.5. The number of amides is 2. The summed E-state index contributed by atoms with van der Waals surface area (Å²) in [5, 5.41) is 3.92. The first kappa shape index (κ1) is 20.0. The number of piperazine rings is 1. The van der Waals surface area contributed by atoms with Crippen molar-refractivity contribution in [2.24, 2.45) is 5.92 Å². The smallest absolute Gasteiger partial charge is 0.227 e. The molecule has 5 nitrogen and oxygen atoms in total. The zero-order valence-corrected chi connectivity index (χ0v) is 15.8. The highest BCUT2D eigenvalue weighted by Crippen LogP contribution is 2.19. The van der Waals surface area contributed by atoms with Crippen LogP contribution in [0.1, 0.15) is 18.4 Å². The van der Waals surface area contributed by atoms with E-state index < -0.39 is 0 Å². The normalized spacial score (nSPS) is 18.6. The number of piperidine rings is 1. The molecule has 0 atom stereocenters. The lowest BCUT2D eigenvalue weighted by molar-refractivity contribution is -0.142. The molecule has 0 spiro atoms. The summed E-state index contributed by atoms with van der Waals surface area (Å²) >= 11 is 6.13. The zero-order valence-electron chi connectivity index (χ0n) is 14.2. The van der Waals surface area contributed by atoms with Crippen LogP contribution in [0.15, 0.2) is 24.3 Å². The van der Waals surface area contributed by atoms with Crippen LogP contribution >= 0.6 is 24.0 Å². The number of hydrogen-bond donors (Lipinski definition) is 1. The van der Waals surface area contributed by atoms with E-state index in [9.17, 15) is 9.59 Å². The summed E-state index contributed by atoms with van der Waals surface area (Å²) in [5.41, 5.74) is 0.859. The van der Waals surface area contributed by atoms with Gasteiger partial charge in [0, 0.05) is 37.1 Å². The zero-order chi connectivity index (χ0) is 16.9. The van der Waals surface area contributed by atoms with Gasteiger partial charge >= 0.3 is 0 Å². The van der Waals surface area contributed by atoms with Crippen molar-refractivity contribution in [1.82, 2.24) is 15.1 Å². The number of halogens is 2. The van der Waals surface area contributed by atoms with Gasteiger partial charge in [-0.25, -0.2) is 0 Å². The van der Waals surface area contributed by atoms with E-state index in [-0.39, 0.29) is 30.1 Å². The van der Waals surface area contributed by atoms with Crippen LogP contribution in [0.3, 0.4) is 0 Å². The van der Waals surface area contributed by atoms with E-state index in [1.54, 1.807) is 6.07 Å². The lowest BCUT2D eigenvalue weighted by atomic mass is 9.96. The molecule has 1 aromatic carbocycles. The van der Waals surface area contributed by atoms with E-state index in [4.69, 9.17) is 11.6 Å². The Labute approximate surface area is 160 Å². The second-order valence-corrected chi connectivity index (χ2v) is 6.91. The molecule has 25 heavy (non-hydrogen) atoms. The van der Waals surface area contributed by atoms with E-state index in [1.807, 2.05) is 28.0 Å². The molecule has 0 unspecified atom stereocenters. The summed E-state index contributed by atoms with van der Waals surface area (Å²) in [7, 11) is 0. The second-order valence-electron chi connectivity index (χ2n) is 6.50. The molecule has 0 aromatic heterocycles. The molecule has 2 aliphatic heterocycles. The van der Waals surface area contributed by atoms with Crippen molar-refractivity contribution < 1.29 is 9.59 Å². The third kappa shape index (κ3) is 5.09. The Kier molecular flexibility index (Phi) is 7.54. The molecule has 1 N–H and O–H groups in total. The number of nitrogens with zero attached hydrogens (tertiary/aromatic N) is 2. The van der Waals surface area contributed by atoms with Gasteiger partial charge < -0.3 is 15.1 Å². The van der Waals surface area contributed by atoms with Crippen LogP contribution in [-0.2, 0) is 16.0 Å². The van der Waals surface area contributed by atoms with Crippen molar-refractivity contribution in [1.29, 1.82) is 0 Å². The van der Waals surface area contributed by atoms with Crippen molar-refractivity contribution in [2.45, 2.75) is 19.3 Å². The van der Waals surface area contributed by atoms with Gasteiger partial charge in [-0.1, -0.05) is 29.8 Å². The Hall–Kier alpha value is -1.30. The van der Waals surface area contributed by atoms with Crippen molar-refractivity contribution in [3.63, 3.8) is 0 Å². The molecule has 0 saturated carbocycles. The number of hydrogen-bond acceptors (Lipinski definition) is 3. The van der Waals surface area contributed by atoms with Gasteiger partial charge in [-0.05, 0) is 37.6 Å². The van der Waals surface area contributed by atoms with Gasteiger partial charge in [0.1, 0.15) is 0 Å². The number of carbonyl (C=O) groups excluding carboxylic acids is 2. The van der Waals surface area contributed by atoms with Gasteiger partial charge in [0.25, 0.3) is 0 Å². The SMILES string of the molecule is Cl.O=C(Cc1ccccc1Cl)N1CCN(C(=O)C2CCNCC2)CC1. The third-order valence-corrected chi connectivity index (χ3v) is 5.30. The monoisotopic (exact) mass is 385 g/mol. The lowest BCUT2D eigenvalue weighted by Gasteiger charge is -2.37. The van der Waals surface area contributed by atoms with Gasteiger partial charge in [-0.15, -0.1) is 12.4 Å². The summed E-state index contributed by atoms with van der Waals surface area (Å²) in [5.74, 6) is 0.489. The van der Waals surface area contributed by atoms with E-state index in [2.05, 4.69) is 5.32 Å². The Balaban J connectivity index is 0.00000225. The Morgan fingerprint density at radius 1 is 1.04 bits per heavy atom. The quantitative estimate of drug-likeness (QED) is 0.865. The Morgan fingerprint density at radius 2 is 1.64 bits per heavy atom. The fourth-order valence-corrected chi connectivity index (χ4v) is 3.62. The summed E-state index contributed by atoms with van der Waals surface area (Å²) < 4.78 is 0. The summed E-state index contributed by atoms with van der Waals surface area (Å²) in [4.78, 5) is 28.8. The fourth-order valence-electron chi connectivity index (χ4n) is 3.42. The highest BCUT2D eigenvalue weighted by molar-refractivity contribution is 6.31. The molecular weight excluding hydrogens is 361 g/mol. The summed E-state index contributed by atoms with van der Waals surface area (Å²) in [6, 6.07) is 7.45. The van der Waals surface area contributed by atoms with Gasteiger partial charge in [0.05, 0.1) is 6.42 Å². The number of carbonyl (C=O) groups is 2. The third-order valence-electron chi connectivity index (χ3n) is 4.93. The maximum Gasteiger partial charge on any atom is 0.227 e. The molecular formula is C18H25Cl2N3O2. The van der Waals surface area contributed by atoms with Gasteiger partial charge in [-0.3, -0.25) is 9.59 Å². The van der Waals surface area contributed by atoms with E-state index in [0.29, 0.717) is 37.6 Å². The van der Waals surface area contributed by atoms with Crippen molar-refractivity contribution in [3.05, 3.63) is 34.9 Å². The minimum atomic E-state index is 0. The predicted molar refractivity (Wildman–Crippen MR) is 101 cm³/mol. The standard InChI is InChI=1S/C18H24ClN3O2.ClH/c19-16-4-2-1-3-15(16)13-17(23)21-9-11-22(12-10-21)18(24)14-5-7-20-8-6-14;/h1-4,14,20H,5-13H2;1H. The Bertz CT molecular complexity index is 598. The first-order valence-corrected chi connectivity index (χ1v) is 9.03. The van der Waals surface area contributed by atoms with Crippen molar-refractivity contribution in [2.75, 3.05) is 39.3 Å². The predicted octanol–water partition coefficient (Wildman–Crippen LogP) is 1.97. The fraction of sp³-hybridized carbons (Fsp3) is 0.556. The highest BCUT2D eigenvalue weighted by atomic mass is 35.5. The number of benzene rings is 1. The van der Waals surface area contributed by atoms with Gasteiger partial charge in [-0.2, -0.15) is 0 Å². The number of nitrogens with one attached hydrogen (secondary N) is 1. The van der Waals surface area contributed by atoms with Crippen LogP contribution in [0.4, 0.5) is 0 Å². The average Bonchev–Trinajstić information content (AvgIpc) is 2.64. The minimum absolute atomic E-state index is 0. The molecule has 2 aliphatic rings. The van der Waals surface area contributed by atoms with Gasteiger partial charge in [0.2, 0.25) is 11.8 Å². The molecule has 0 bridgehead atoms. The molecule has 7 heteroatoms. The van der Waals surface area contributed by atoms with Crippen LogP contribution in [-0.4, -0.2) is 60.9 Å². The van der Waals surface area contributed by atoms with Gasteiger partial charge in [0.15, 0.2) is 0 Å². The van der Waals surface area contributed by atoms with Crippen LogP contribution in [0.5, 0.6) is 0 Å². The maximum absolute atomic E-state index is 12.5. The molecule has 1 aromatic rings. The average molecular weight is 386 g/mol. The van der Waals surface area contributed by atoms with Crippen LogP contribution in [0, 0.1) is 5.92 Å². The van der Waals surface area contributed by atoms with E-state index >= 15 is 0 Å². The summed E-state index contributed by atoms with van der Waals surface area (Å²) in [6.07, 6.45) is 2.16. The molecule has 2 saturated heterocycles. The van der Waals surface area contributed by atoms with E-state index in [1.165, 1.54) is 0 Å². The molecule has 0 aliphatic carbocycles. The van der Waals surface area contributed by atoms with Crippen LogP contribution < -0.4 is 5.32 Å². The topological polar surface area (TPSA) is 52.7 Å². The van der Waals surface area contributed by atoms with Crippen molar-refractivity contribution in [3.8, 4) is 0 Å². The molecule has 3 rings (SSSR count). The van der Waals surface area contributed by atoms with Crippen LogP contribution in [0.2, 0.25) is 5.02 Å². The Morgan fingerprint density at radius 3 is 2.28 bits per heavy atom. The number of rotatable bonds is 3. The molecule has 2 amide bonds.